The summed E-state index contributed by atoms with van der Waals surface area (Å²) in [6.45, 7) is 4.12. The molecule has 0 saturated carbocycles. The van der Waals surface area contributed by atoms with Gasteiger partial charge in [-0.25, -0.2) is 9.97 Å². The summed E-state index contributed by atoms with van der Waals surface area (Å²) in [4.78, 5) is 19.8. The summed E-state index contributed by atoms with van der Waals surface area (Å²) >= 11 is 1.37. The second-order valence-electron chi connectivity index (χ2n) is 3.44. The first-order valence-electron chi connectivity index (χ1n) is 5.20. The number of rotatable bonds is 5. The van der Waals surface area contributed by atoms with Gasteiger partial charge in [0.15, 0.2) is 0 Å². The van der Waals surface area contributed by atoms with Gasteiger partial charge < -0.3 is 5.32 Å². The Labute approximate surface area is 105 Å². The van der Waals surface area contributed by atoms with Gasteiger partial charge in [-0.2, -0.15) is 5.26 Å². The summed E-state index contributed by atoms with van der Waals surface area (Å²) in [5.74, 6) is 0.929. The number of nitriles is 1. The minimum atomic E-state index is -0.0841. The van der Waals surface area contributed by atoms with Gasteiger partial charge in [-0.1, -0.05) is 11.8 Å². The zero-order chi connectivity index (χ0) is 12.7. The lowest BCUT2D eigenvalue weighted by atomic mass is 10.4. The summed E-state index contributed by atoms with van der Waals surface area (Å²) in [5.41, 5.74) is 0.893. The normalized spacial score (nSPS) is 9.71. The van der Waals surface area contributed by atoms with Crippen LogP contribution in [0.4, 0.5) is 0 Å². The first-order chi connectivity index (χ1) is 8.11. The molecule has 90 valence electrons. The van der Waals surface area contributed by atoms with Crippen molar-refractivity contribution in [2.45, 2.75) is 25.3 Å². The van der Waals surface area contributed by atoms with E-state index in [1.807, 2.05) is 26.0 Å². The molecular formula is C11H14N4OS. The summed E-state index contributed by atoms with van der Waals surface area (Å²) in [6, 6.07) is 3.82. The van der Waals surface area contributed by atoms with E-state index in [-0.39, 0.29) is 5.91 Å². The Kier molecular flexibility index (Phi) is 5.43. The summed E-state index contributed by atoms with van der Waals surface area (Å²) < 4.78 is 0. The largest absolute Gasteiger partial charge is 0.354 e. The molecule has 5 nitrogen and oxygen atoms in total. The molecule has 0 aromatic carbocycles. The van der Waals surface area contributed by atoms with Crippen LogP contribution in [-0.2, 0) is 4.79 Å². The third kappa shape index (κ3) is 5.31. The number of carbonyl (C=O) groups excluding carboxylic acids is 1. The summed E-state index contributed by atoms with van der Waals surface area (Å²) in [7, 11) is 0. The maximum absolute atomic E-state index is 11.4. The highest BCUT2D eigenvalue weighted by Crippen LogP contribution is 2.15. The quantitative estimate of drug-likeness (QED) is 0.483. The molecule has 0 fully saturated rings. The number of aryl methyl sites for hydroxylation is 2. The number of amides is 1. The molecule has 0 unspecified atom stereocenters. The Morgan fingerprint density at radius 3 is 2.94 bits per heavy atom. The highest BCUT2D eigenvalue weighted by atomic mass is 32.2. The van der Waals surface area contributed by atoms with Crippen molar-refractivity contribution >= 4 is 17.7 Å². The van der Waals surface area contributed by atoms with Crippen LogP contribution in [0.1, 0.15) is 17.9 Å². The average Bonchev–Trinajstić information content (AvgIpc) is 2.25. The summed E-state index contributed by atoms with van der Waals surface area (Å²) in [6.07, 6.45) is 0.335. The second kappa shape index (κ2) is 6.86. The molecule has 1 N–H and O–H groups in total. The zero-order valence-corrected chi connectivity index (χ0v) is 10.7. The maximum Gasteiger partial charge on any atom is 0.230 e. The number of hydrogen-bond donors (Lipinski definition) is 1. The van der Waals surface area contributed by atoms with E-state index < -0.39 is 0 Å². The van der Waals surface area contributed by atoms with Crippen LogP contribution in [0.25, 0.3) is 0 Å². The smallest absolute Gasteiger partial charge is 0.230 e. The first-order valence-corrected chi connectivity index (χ1v) is 6.19. The first kappa shape index (κ1) is 13.5. The molecule has 0 aliphatic heterocycles. The molecule has 0 radical (unpaired) electrons. The number of aromatic nitrogens is 2. The molecule has 0 aliphatic carbocycles. The lowest BCUT2D eigenvalue weighted by molar-refractivity contribution is -0.118. The molecule has 1 aromatic heterocycles. The van der Waals surface area contributed by atoms with Crippen LogP contribution in [0.2, 0.25) is 0 Å². The molecular weight excluding hydrogens is 236 g/mol. The molecule has 0 bridgehead atoms. The van der Waals surface area contributed by atoms with Gasteiger partial charge in [0.2, 0.25) is 5.91 Å². The SMILES string of the molecule is Cc1cc(SCC(=O)NCCC#N)nc(C)n1. The Morgan fingerprint density at radius 2 is 2.29 bits per heavy atom. The molecule has 1 aromatic rings. The third-order valence-corrected chi connectivity index (χ3v) is 2.76. The lowest BCUT2D eigenvalue weighted by Crippen LogP contribution is -2.25. The Hall–Kier alpha value is -1.61. The van der Waals surface area contributed by atoms with Crippen molar-refractivity contribution in [2.24, 2.45) is 0 Å². The van der Waals surface area contributed by atoms with Crippen LogP contribution < -0.4 is 5.32 Å². The van der Waals surface area contributed by atoms with Gasteiger partial charge in [0.1, 0.15) is 10.9 Å². The van der Waals surface area contributed by atoms with Crippen molar-refractivity contribution < 1.29 is 4.79 Å². The van der Waals surface area contributed by atoms with Gasteiger partial charge >= 0.3 is 0 Å². The van der Waals surface area contributed by atoms with E-state index in [0.717, 1.165) is 10.7 Å². The Morgan fingerprint density at radius 1 is 1.53 bits per heavy atom. The Balaban J connectivity index is 2.39. The minimum Gasteiger partial charge on any atom is -0.354 e. The summed E-state index contributed by atoms with van der Waals surface area (Å²) in [5, 5.41) is 11.8. The average molecular weight is 250 g/mol. The van der Waals surface area contributed by atoms with Crippen LogP contribution in [-0.4, -0.2) is 28.2 Å². The second-order valence-corrected chi connectivity index (χ2v) is 4.44. The van der Waals surface area contributed by atoms with Crippen molar-refractivity contribution in [1.29, 1.82) is 5.26 Å². The van der Waals surface area contributed by atoms with Crippen LogP contribution in [0.15, 0.2) is 11.1 Å². The van der Waals surface area contributed by atoms with E-state index in [0.29, 0.717) is 24.5 Å². The topological polar surface area (TPSA) is 78.7 Å². The van der Waals surface area contributed by atoms with Gasteiger partial charge in [-0.15, -0.1) is 0 Å². The highest BCUT2D eigenvalue weighted by molar-refractivity contribution is 7.99. The van der Waals surface area contributed by atoms with E-state index in [2.05, 4.69) is 15.3 Å². The van der Waals surface area contributed by atoms with Crippen molar-refractivity contribution in [2.75, 3.05) is 12.3 Å². The molecule has 17 heavy (non-hydrogen) atoms. The van der Waals surface area contributed by atoms with Gasteiger partial charge in [0.25, 0.3) is 0 Å². The zero-order valence-electron chi connectivity index (χ0n) is 9.86. The van der Waals surface area contributed by atoms with Gasteiger partial charge in [-0.3, -0.25) is 4.79 Å². The van der Waals surface area contributed by atoms with Crippen molar-refractivity contribution in [3.8, 4) is 6.07 Å². The van der Waals surface area contributed by atoms with Gasteiger partial charge in [0.05, 0.1) is 18.2 Å². The Bertz CT molecular complexity index is 421. The van der Waals surface area contributed by atoms with Crippen molar-refractivity contribution in [3.63, 3.8) is 0 Å². The standard InChI is InChI=1S/C11H14N4OS/c1-8-6-11(15-9(2)14-8)17-7-10(16)13-5-3-4-12/h6H,3,5,7H2,1-2H3,(H,13,16). The predicted octanol–water partition coefficient (Wildman–Crippen LogP) is 1.22. The van der Waals surface area contributed by atoms with Crippen molar-refractivity contribution in [1.82, 2.24) is 15.3 Å². The molecule has 6 heteroatoms. The molecule has 0 saturated heterocycles. The third-order valence-electron chi connectivity index (χ3n) is 1.85. The minimum absolute atomic E-state index is 0.0841. The van der Waals surface area contributed by atoms with E-state index in [4.69, 9.17) is 5.26 Å². The number of hydrogen-bond acceptors (Lipinski definition) is 5. The van der Waals surface area contributed by atoms with Crippen LogP contribution in [0.5, 0.6) is 0 Å². The number of nitrogens with zero attached hydrogens (tertiary/aromatic N) is 3. The lowest BCUT2D eigenvalue weighted by Gasteiger charge is -2.04. The number of nitrogens with one attached hydrogen (secondary N) is 1. The molecule has 1 amide bonds. The predicted molar refractivity (Wildman–Crippen MR) is 65.5 cm³/mol. The van der Waals surface area contributed by atoms with Crippen molar-refractivity contribution in [3.05, 3.63) is 17.6 Å². The van der Waals surface area contributed by atoms with Crippen LogP contribution >= 0.6 is 11.8 Å². The number of thioether (sulfide) groups is 1. The highest BCUT2D eigenvalue weighted by Gasteiger charge is 2.04. The fourth-order valence-corrected chi connectivity index (χ4v) is 2.04. The van der Waals surface area contributed by atoms with E-state index >= 15 is 0 Å². The maximum atomic E-state index is 11.4. The fourth-order valence-electron chi connectivity index (χ4n) is 1.21. The molecule has 0 atom stereocenters. The van der Waals surface area contributed by atoms with Gasteiger partial charge in [-0.05, 0) is 19.9 Å². The van der Waals surface area contributed by atoms with E-state index in [1.54, 1.807) is 0 Å². The molecule has 0 spiro atoms. The number of carbonyl (C=O) groups is 1. The molecule has 1 rings (SSSR count). The molecule has 1 heterocycles. The van der Waals surface area contributed by atoms with Crippen LogP contribution in [0.3, 0.4) is 0 Å². The fraction of sp³-hybridized carbons (Fsp3) is 0.455. The van der Waals surface area contributed by atoms with Crippen LogP contribution in [0, 0.1) is 25.2 Å². The van der Waals surface area contributed by atoms with E-state index in [9.17, 15) is 4.79 Å². The van der Waals surface area contributed by atoms with E-state index in [1.165, 1.54) is 11.8 Å². The monoisotopic (exact) mass is 250 g/mol. The van der Waals surface area contributed by atoms with Gasteiger partial charge in [0, 0.05) is 12.2 Å². The molecule has 0 aliphatic rings.